The maximum Gasteiger partial charge on any atom is 0.0623 e. The fraction of sp³-hybridized carbons (Fsp3) is 0. The fourth-order valence-corrected chi connectivity index (χ4v) is 0.549. The van der Waals surface area contributed by atoms with Crippen LogP contribution in [0.25, 0.3) is 6.08 Å². The van der Waals surface area contributed by atoms with Crippen LogP contribution in [0.5, 0.6) is 0 Å². The van der Waals surface area contributed by atoms with Gasteiger partial charge in [-0.15, -0.1) is 0 Å². The Morgan fingerprint density at radius 2 is 2.12 bits per heavy atom. The van der Waals surface area contributed by atoms with Crippen LogP contribution in [0.4, 0.5) is 0 Å². The van der Waals surface area contributed by atoms with E-state index in [2.05, 4.69) is 6.55 Å². The minimum atomic E-state index is 1.02. The summed E-state index contributed by atoms with van der Waals surface area (Å²) in [5.41, 5.74) is 1.02. The van der Waals surface area contributed by atoms with Gasteiger partial charge in [0.05, 0.1) is 1.37 Å². The molecular weight excluding hydrogens is 96.1 g/mol. The fourth-order valence-electron chi connectivity index (χ4n) is 0.549. The van der Waals surface area contributed by atoms with Gasteiger partial charge >= 0.3 is 0 Å². The van der Waals surface area contributed by atoms with E-state index in [1.165, 1.54) is 0 Å². The summed E-state index contributed by atoms with van der Waals surface area (Å²) in [6, 6.07) is 9.68. The molecule has 0 saturated carbocycles. The van der Waals surface area contributed by atoms with Crippen molar-refractivity contribution in [2.75, 3.05) is 0 Å². The monoisotopic (exact) mass is 104 g/mol. The lowest BCUT2D eigenvalue weighted by Crippen LogP contribution is -1.63. The van der Waals surface area contributed by atoms with Gasteiger partial charge in [-0.05, 0) is 5.56 Å². The predicted octanol–water partition coefficient (Wildman–Crippen LogP) is 2.13. The summed E-state index contributed by atoms with van der Waals surface area (Å²) < 4.78 is 6.63. The van der Waals surface area contributed by atoms with E-state index in [4.69, 9.17) is 1.37 Å². The van der Waals surface area contributed by atoms with Crippen molar-refractivity contribution in [3.8, 4) is 0 Å². The molecule has 0 spiro atoms. The standard InChI is InChI=1S/C8H7/c1-2-8-6-4-3-5-7-8/h1-7H/i1D. The quantitative estimate of drug-likeness (QED) is 0.512. The second kappa shape index (κ2) is 2.31. The minimum absolute atomic E-state index is 1.02. The highest BCUT2D eigenvalue weighted by molar-refractivity contribution is 5.44. The molecule has 0 bridgehead atoms. The Bertz CT molecular complexity index is 189. The van der Waals surface area contributed by atoms with Crippen LogP contribution in [0.1, 0.15) is 6.93 Å². The van der Waals surface area contributed by atoms with Crippen molar-refractivity contribution < 1.29 is 1.37 Å². The molecular formula is C8H7. The van der Waals surface area contributed by atoms with Crippen molar-refractivity contribution in [1.29, 1.82) is 0 Å². The summed E-state index contributed by atoms with van der Waals surface area (Å²) >= 11 is 0. The smallest absolute Gasteiger partial charge is 0.0622 e. The summed E-state index contributed by atoms with van der Waals surface area (Å²) in [6.45, 7) is 2.21. The van der Waals surface area contributed by atoms with Gasteiger partial charge in [0.2, 0.25) is 0 Å². The van der Waals surface area contributed by atoms with Crippen LogP contribution in [0.2, 0.25) is 0 Å². The van der Waals surface area contributed by atoms with Crippen molar-refractivity contribution in [1.82, 2.24) is 0 Å². The average Bonchev–Trinajstić information content (AvgIpc) is 1.91. The maximum atomic E-state index is 6.63. The van der Waals surface area contributed by atoms with Crippen molar-refractivity contribution in [3.63, 3.8) is 0 Å². The van der Waals surface area contributed by atoms with E-state index in [1.807, 2.05) is 30.3 Å². The molecule has 1 aromatic rings. The van der Waals surface area contributed by atoms with Crippen LogP contribution in [0.15, 0.2) is 30.3 Å². The van der Waals surface area contributed by atoms with E-state index in [1.54, 1.807) is 6.08 Å². The summed E-state index contributed by atoms with van der Waals surface area (Å²) in [5.74, 6) is 0. The van der Waals surface area contributed by atoms with Crippen molar-refractivity contribution >= 4 is 6.08 Å². The highest BCUT2D eigenvalue weighted by atomic mass is 13.8. The molecule has 0 aliphatic carbocycles. The largest absolute Gasteiger partial charge is 0.0623 e. The van der Waals surface area contributed by atoms with Gasteiger partial charge in [-0.2, -0.15) is 0 Å². The Labute approximate surface area is 50.9 Å². The zero-order valence-electron chi connectivity index (χ0n) is 5.46. The van der Waals surface area contributed by atoms with Crippen LogP contribution >= 0.6 is 0 Å². The molecule has 1 radical (unpaired) electrons. The summed E-state index contributed by atoms with van der Waals surface area (Å²) in [4.78, 5) is 0. The molecule has 0 amide bonds. The Morgan fingerprint density at radius 3 is 2.75 bits per heavy atom. The molecule has 0 N–H and O–H groups in total. The molecule has 0 unspecified atom stereocenters. The van der Waals surface area contributed by atoms with Crippen LogP contribution in [-0.4, -0.2) is 0 Å². The summed E-state index contributed by atoms with van der Waals surface area (Å²) in [6.07, 6.45) is 1.62. The lowest BCUT2D eigenvalue weighted by molar-refractivity contribution is 1.66. The number of hydrogen-bond acceptors (Lipinski definition) is 0. The second-order valence-corrected chi connectivity index (χ2v) is 1.56. The Kier molecular flexibility index (Phi) is 1.13. The van der Waals surface area contributed by atoms with E-state index in [0.717, 1.165) is 5.56 Å². The first-order valence-corrected chi connectivity index (χ1v) is 2.49. The zero-order valence-corrected chi connectivity index (χ0v) is 4.46. The molecule has 0 heteroatoms. The Balaban J connectivity index is 2.85. The van der Waals surface area contributed by atoms with E-state index >= 15 is 0 Å². The second-order valence-electron chi connectivity index (χ2n) is 1.56. The molecule has 8 heavy (non-hydrogen) atoms. The minimum Gasteiger partial charge on any atom is -0.0622 e. The van der Waals surface area contributed by atoms with Crippen LogP contribution in [0, 0.1) is 6.55 Å². The van der Waals surface area contributed by atoms with Gasteiger partial charge in [0.15, 0.2) is 0 Å². The third-order valence-corrected chi connectivity index (χ3v) is 0.966. The number of benzene rings is 1. The topological polar surface area (TPSA) is 0 Å². The zero-order chi connectivity index (χ0) is 6.53. The SMILES string of the molecule is [2H]/[C]=C/c1ccccc1. The van der Waals surface area contributed by atoms with Gasteiger partial charge in [-0.3, -0.25) is 0 Å². The molecule has 0 aliphatic rings. The molecule has 0 nitrogen and oxygen atoms in total. The van der Waals surface area contributed by atoms with Crippen molar-refractivity contribution in [2.24, 2.45) is 0 Å². The number of hydrogen-bond donors (Lipinski definition) is 0. The third kappa shape index (κ3) is 0.969. The molecule has 39 valence electrons. The van der Waals surface area contributed by atoms with Gasteiger partial charge in [0, 0.05) is 0 Å². The van der Waals surface area contributed by atoms with Gasteiger partial charge in [0.25, 0.3) is 0 Å². The maximum absolute atomic E-state index is 6.63. The van der Waals surface area contributed by atoms with Gasteiger partial charge in [-0.1, -0.05) is 43.0 Å². The van der Waals surface area contributed by atoms with Crippen LogP contribution < -0.4 is 0 Å². The lowest BCUT2D eigenvalue weighted by atomic mass is 10.2. The molecule has 0 aromatic heterocycles. The molecule has 0 heterocycles. The summed E-state index contributed by atoms with van der Waals surface area (Å²) in [5, 5.41) is 0. The average molecular weight is 104 g/mol. The van der Waals surface area contributed by atoms with E-state index < -0.39 is 0 Å². The van der Waals surface area contributed by atoms with Gasteiger partial charge in [0.1, 0.15) is 0 Å². The molecule has 0 atom stereocenters. The van der Waals surface area contributed by atoms with E-state index in [-0.39, 0.29) is 0 Å². The highest BCUT2D eigenvalue weighted by Gasteiger charge is 1.76. The lowest BCUT2D eigenvalue weighted by Gasteiger charge is -1.85. The molecule has 1 aromatic carbocycles. The number of rotatable bonds is 1. The van der Waals surface area contributed by atoms with Gasteiger partial charge < -0.3 is 0 Å². The van der Waals surface area contributed by atoms with Crippen molar-refractivity contribution in [2.45, 2.75) is 0 Å². The van der Waals surface area contributed by atoms with Crippen molar-refractivity contribution in [3.05, 3.63) is 42.5 Å². The summed E-state index contributed by atoms with van der Waals surface area (Å²) in [7, 11) is 0. The van der Waals surface area contributed by atoms with E-state index in [0.29, 0.717) is 0 Å². The Hall–Kier alpha value is -1.04. The third-order valence-electron chi connectivity index (χ3n) is 0.966. The normalized spacial score (nSPS) is 11.8. The van der Waals surface area contributed by atoms with Gasteiger partial charge in [-0.25, -0.2) is 0 Å². The Morgan fingerprint density at radius 1 is 1.38 bits per heavy atom. The predicted molar refractivity (Wildman–Crippen MR) is 35.2 cm³/mol. The molecule has 0 saturated heterocycles. The highest BCUT2D eigenvalue weighted by Crippen LogP contribution is 1.97. The first-order chi connectivity index (χ1) is 4.43. The molecule has 0 fully saturated rings. The van der Waals surface area contributed by atoms with E-state index in [9.17, 15) is 0 Å². The molecule has 1 rings (SSSR count). The van der Waals surface area contributed by atoms with Crippen LogP contribution in [0.3, 0.4) is 0 Å². The first kappa shape index (κ1) is 3.90. The molecule has 0 aliphatic heterocycles. The van der Waals surface area contributed by atoms with Crippen LogP contribution in [-0.2, 0) is 0 Å². The first-order valence-electron chi connectivity index (χ1n) is 2.99.